The summed E-state index contributed by atoms with van der Waals surface area (Å²) in [5.41, 5.74) is 1.26. The Labute approximate surface area is 119 Å². The van der Waals surface area contributed by atoms with Gasteiger partial charge in [0.1, 0.15) is 5.75 Å². The molecule has 0 radical (unpaired) electrons. The molecule has 0 saturated carbocycles. The number of aryl methyl sites for hydroxylation is 1. The zero-order chi connectivity index (χ0) is 14.8. The number of ether oxygens (including phenoxy) is 1. The Balaban J connectivity index is 2.21. The lowest BCUT2D eigenvalue weighted by molar-refractivity contribution is -0.123. The molecule has 0 aliphatic heterocycles. The zero-order valence-corrected chi connectivity index (χ0v) is 12.1. The molecule has 2 amide bonds. The summed E-state index contributed by atoms with van der Waals surface area (Å²) in [6.07, 6.45) is 2.15. The minimum Gasteiger partial charge on any atom is -0.484 e. The van der Waals surface area contributed by atoms with Crippen molar-refractivity contribution in [2.24, 2.45) is 0 Å². The lowest BCUT2D eigenvalue weighted by Crippen LogP contribution is -2.36. The molecule has 0 atom stereocenters. The van der Waals surface area contributed by atoms with E-state index in [4.69, 9.17) is 4.74 Å². The number of nitrogens with one attached hydrogen (secondary N) is 2. The SMILES string of the molecule is CCCc1ccc(OCC(=O)NCCNC(C)=O)cc1. The largest absolute Gasteiger partial charge is 0.484 e. The first-order chi connectivity index (χ1) is 9.61. The smallest absolute Gasteiger partial charge is 0.258 e. The molecule has 0 aromatic heterocycles. The average Bonchev–Trinajstić information content (AvgIpc) is 2.43. The highest BCUT2D eigenvalue weighted by Crippen LogP contribution is 2.13. The van der Waals surface area contributed by atoms with Crippen molar-refractivity contribution in [1.82, 2.24) is 10.6 Å². The molecule has 2 N–H and O–H groups in total. The highest BCUT2D eigenvalue weighted by atomic mass is 16.5. The van der Waals surface area contributed by atoms with Gasteiger partial charge in [-0.15, -0.1) is 0 Å². The quantitative estimate of drug-likeness (QED) is 0.704. The van der Waals surface area contributed by atoms with Gasteiger partial charge in [-0.25, -0.2) is 0 Å². The van der Waals surface area contributed by atoms with Gasteiger partial charge in [-0.05, 0) is 24.1 Å². The van der Waals surface area contributed by atoms with Gasteiger partial charge in [-0.3, -0.25) is 9.59 Å². The van der Waals surface area contributed by atoms with Crippen LogP contribution in [0, 0.1) is 0 Å². The molecule has 1 rings (SSSR count). The van der Waals surface area contributed by atoms with Crippen molar-refractivity contribution in [3.05, 3.63) is 29.8 Å². The summed E-state index contributed by atoms with van der Waals surface area (Å²) in [5.74, 6) is 0.373. The number of rotatable bonds is 8. The first kappa shape index (κ1) is 16.0. The minimum atomic E-state index is -0.201. The van der Waals surface area contributed by atoms with E-state index in [1.165, 1.54) is 12.5 Å². The molecule has 20 heavy (non-hydrogen) atoms. The van der Waals surface area contributed by atoms with Crippen molar-refractivity contribution in [2.75, 3.05) is 19.7 Å². The van der Waals surface area contributed by atoms with Crippen LogP contribution in [-0.4, -0.2) is 31.5 Å². The Kier molecular flexibility index (Phi) is 7.17. The van der Waals surface area contributed by atoms with E-state index in [-0.39, 0.29) is 18.4 Å². The normalized spacial score (nSPS) is 9.90. The highest BCUT2D eigenvalue weighted by molar-refractivity contribution is 5.77. The molecule has 0 fully saturated rings. The van der Waals surface area contributed by atoms with Gasteiger partial charge < -0.3 is 15.4 Å². The van der Waals surface area contributed by atoms with Crippen LogP contribution in [0.5, 0.6) is 5.75 Å². The van der Waals surface area contributed by atoms with Crippen LogP contribution in [0.1, 0.15) is 25.8 Å². The van der Waals surface area contributed by atoms with Crippen molar-refractivity contribution >= 4 is 11.8 Å². The molecule has 0 aliphatic carbocycles. The first-order valence-electron chi connectivity index (χ1n) is 6.84. The Morgan fingerprint density at radius 3 is 2.35 bits per heavy atom. The average molecular weight is 278 g/mol. The van der Waals surface area contributed by atoms with Crippen molar-refractivity contribution in [3.8, 4) is 5.75 Å². The summed E-state index contributed by atoms with van der Waals surface area (Å²) in [6, 6.07) is 7.76. The maximum Gasteiger partial charge on any atom is 0.258 e. The van der Waals surface area contributed by atoms with Crippen molar-refractivity contribution < 1.29 is 14.3 Å². The van der Waals surface area contributed by atoms with Crippen LogP contribution in [0.15, 0.2) is 24.3 Å². The third-order valence-electron chi connectivity index (χ3n) is 2.65. The van der Waals surface area contributed by atoms with Crippen LogP contribution in [0.4, 0.5) is 0 Å². The fraction of sp³-hybridized carbons (Fsp3) is 0.467. The summed E-state index contributed by atoms with van der Waals surface area (Å²) >= 11 is 0. The second-order valence-corrected chi connectivity index (χ2v) is 4.52. The number of benzene rings is 1. The van der Waals surface area contributed by atoms with Crippen LogP contribution in [-0.2, 0) is 16.0 Å². The molecule has 1 aromatic carbocycles. The van der Waals surface area contributed by atoms with Gasteiger partial charge in [0.25, 0.3) is 5.91 Å². The van der Waals surface area contributed by atoms with Crippen LogP contribution in [0.25, 0.3) is 0 Å². The predicted molar refractivity (Wildman–Crippen MR) is 77.6 cm³/mol. The van der Waals surface area contributed by atoms with E-state index in [2.05, 4.69) is 17.6 Å². The Bertz CT molecular complexity index is 429. The van der Waals surface area contributed by atoms with Gasteiger partial charge in [0.15, 0.2) is 6.61 Å². The molecule has 110 valence electrons. The zero-order valence-electron chi connectivity index (χ0n) is 12.1. The third kappa shape index (κ3) is 6.78. The third-order valence-corrected chi connectivity index (χ3v) is 2.65. The van der Waals surface area contributed by atoms with E-state index in [0.717, 1.165) is 12.8 Å². The van der Waals surface area contributed by atoms with E-state index in [9.17, 15) is 9.59 Å². The van der Waals surface area contributed by atoms with Crippen LogP contribution < -0.4 is 15.4 Å². The maximum atomic E-state index is 11.5. The molecule has 0 saturated heterocycles. The van der Waals surface area contributed by atoms with Crippen molar-refractivity contribution in [3.63, 3.8) is 0 Å². The van der Waals surface area contributed by atoms with Gasteiger partial charge in [0.2, 0.25) is 5.91 Å². The monoisotopic (exact) mass is 278 g/mol. The van der Waals surface area contributed by atoms with E-state index < -0.39 is 0 Å². The molecule has 5 heteroatoms. The van der Waals surface area contributed by atoms with Crippen LogP contribution in [0.2, 0.25) is 0 Å². The van der Waals surface area contributed by atoms with Gasteiger partial charge in [0.05, 0.1) is 0 Å². The summed E-state index contributed by atoms with van der Waals surface area (Å²) in [5, 5.41) is 5.26. The Morgan fingerprint density at radius 1 is 1.10 bits per heavy atom. The molecule has 0 unspecified atom stereocenters. The van der Waals surface area contributed by atoms with E-state index in [1.807, 2.05) is 24.3 Å². The standard InChI is InChI=1S/C15H22N2O3/c1-3-4-13-5-7-14(8-6-13)20-11-15(19)17-10-9-16-12(2)18/h5-8H,3-4,9-11H2,1-2H3,(H,16,18)(H,17,19). The number of carbonyl (C=O) groups is 2. The van der Waals surface area contributed by atoms with Gasteiger partial charge in [0, 0.05) is 20.0 Å². The summed E-state index contributed by atoms with van der Waals surface area (Å²) in [4.78, 5) is 22.1. The summed E-state index contributed by atoms with van der Waals surface area (Å²) in [7, 11) is 0. The number of hydrogen-bond donors (Lipinski definition) is 2. The highest BCUT2D eigenvalue weighted by Gasteiger charge is 2.02. The fourth-order valence-corrected chi connectivity index (χ4v) is 1.68. The lowest BCUT2D eigenvalue weighted by Gasteiger charge is -2.08. The molecular weight excluding hydrogens is 256 g/mol. The van der Waals surface area contributed by atoms with Gasteiger partial charge >= 0.3 is 0 Å². The van der Waals surface area contributed by atoms with E-state index >= 15 is 0 Å². The predicted octanol–water partition coefficient (Wildman–Crippen LogP) is 1.27. The first-order valence-corrected chi connectivity index (χ1v) is 6.84. The molecular formula is C15H22N2O3. The van der Waals surface area contributed by atoms with Crippen molar-refractivity contribution in [1.29, 1.82) is 0 Å². The number of amides is 2. The topological polar surface area (TPSA) is 67.4 Å². The van der Waals surface area contributed by atoms with Crippen LogP contribution >= 0.6 is 0 Å². The fourth-order valence-electron chi connectivity index (χ4n) is 1.68. The number of carbonyl (C=O) groups excluding carboxylic acids is 2. The molecule has 5 nitrogen and oxygen atoms in total. The molecule has 0 aliphatic rings. The van der Waals surface area contributed by atoms with Crippen molar-refractivity contribution in [2.45, 2.75) is 26.7 Å². The second-order valence-electron chi connectivity index (χ2n) is 4.52. The molecule has 1 aromatic rings. The van der Waals surface area contributed by atoms with Crippen LogP contribution in [0.3, 0.4) is 0 Å². The lowest BCUT2D eigenvalue weighted by atomic mass is 10.1. The van der Waals surface area contributed by atoms with E-state index in [0.29, 0.717) is 18.8 Å². The summed E-state index contributed by atoms with van der Waals surface area (Å²) in [6.45, 7) is 4.38. The van der Waals surface area contributed by atoms with Gasteiger partial charge in [-0.2, -0.15) is 0 Å². The Hall–Kier alpha value is -2.04. The second kappa shape index (κ2) is 8.96. The Morgan fingerprint density at radius 2 is 1.75 bits per heavy atom. The molecule has 0 heterocycles. The molecule has 0 spiro atoms. The minimum absolute atomic E-state index is 0.0206. The summed E-state index contributed by atoms with van der Waals surface area (Å²) < 4.78 is 5.38. The van der Waals surface area contributed by atoms with Gasteiger partial charge in [-0.1, -0.05) is 25.5 Å². The molecule has 0 bridgehead atoms. The number of hydrogen-bond acceptors (Lipinski definition) is 3. The maximum absolute atomic E-state index is 11.5. The van der Waals surface area contributed by atoms with E-state index in [1.54, 1.807) is 0 Å².